The summed E-state index contributed by atoms with van der Waals surface area (Å²) >= 11 is 5.77. The number of hydrogen-bond acceptors (Lipinski definition) is 2. The highest BCUT2D eigenvalue weighted by atomic mass is 35.5. The fourth-order valence-electron chi connectivity index (χ4n) is 1.72. The molecule has 0 amide bonds. The minimum absolute atomic E-state index is 0.617. The Kier molecular flexibility index (Phi) is 5.07. The highest BCUT2D eigenvalue weighted by Crippen LogP contribution is 2.29. The summed E-state index contributed by atoms with van der Waals surface area (Å²) in [4.78, 5) is 2.52. The van der Waals surface area contributed by atoms with Crippen molar-refractivity contribution in [1.82, 2.24) is 4.90 Å². The summed E-state index contributed by atoms with van der Waals surface area (Å²) in [5.41, 5.74) is 0. The average molecular weight is 206 g/mol. The predicted molar refractivity (Wildman–Crippen MR) is 56.4 cm³/mol. The van der Waals surface area contributed by atoms with Gasteiger partial charge in [-0.25, -0.2) is 0 Å². The number of hydrogen-bond donors (Lipinski definition) is 0. The van der Waals surface area contributed by atoms with E-state index in [4.69, 9.17) is 16.3 Å². The monoisotopic (exact) mass is 205 g/mol. The Morgan fingerprint density at radius 3 is 2.69 bits per heavy atom. The van der Waals surface area contributed by atoms with Crippen LogP contribution in [0.5, 0.6) is 0 Å². The zero-order valence-corrected chi connectivity index (χ0v) is 9.39. The Morgan fingerprint density at radius 1 is 1.54 bits per heavy atom. The molecular weight excluding hydrogens is 186 g/mol. The van der Waals surface area contributed by atoms with Crippen molar-refractivity contribution in [3.8, 4) is 0 Å². The fourth-order valence-corrected chi connectivity index (χ4v) is 1.92. The molecule has 78 valence electrons. The number of alkyl halides is 1. The molecular formula is C10H20ClNO. The molecule has 1 fully saturated rings. The van der Waals surface area contributed by atoms with Gasteiger partial charge in [-0.3, -0.25) is 4.90 Å². The quantitative estimate of drug-likeness (QED) is 0.591. The molecule has 1 aliphatic carbocycles. The van der Waals surface area contributed by atoms with Crippen molar-refractivity contribution in [2.75, 3.05) is 26.1 Å². The zero-order valence-electron chi connectivity index (χ0n) is 8.63. The van der Waals surface area contributed by atoms with Crippen LogP contribution in [0.15, 0.2) is 0 Å². The van der Waals surface area contributed by atoms with Gasteiger partial charge in [-0.15, -0.1) is 11.6 Å². The Hall–Kier alpha value is 0.210. The maximum Gasteiger partial charge on any atom is 0.0477 e. The Bertz CT molecular complexity index is 139. The molecule has 1 unspecified atom stereocenters. The summed E-state index contributed by atoms with van der Waals surface area (Å²) in [5, 5.41) is 0. The molecule has 0 saturated heterocycles. The molecule has 0 N–H and O–H groups in total. The van der Waals surface area contributed by atoms with Crippen molar-refractivity contribution >= 4 is 11.6 Å². The molecule has 1 rings (SSSR count). The van der Waals surface area contributed by atoms with E-state index in [2.05, 4.69) is 11.8 Å². The molecule has 0 heterocycles. The van der Waals surface area contributed by atoms with Crippen LogP contribution in [0.2, 0.25) is 0 Å². The van der Waals surface area contributed by atoms with Crippen LogP contribution in [0.4, 0.5) is 0 Å². The van der Waals surface area contributed by atoms with Crippen molar-refractivity contribution in [3.05, 3.63) is 0 Å². The molecule has 3 heteroatoms. The average Bonchev–Trinajstić information content (AvgIpc) is 2.93. The van der Waals surface area contributed by atoms with Gasteiger partial charge in [0.25, 0.3) is 0 Å². The molecule has 2 nitrogen and oxygen atoms in total. The molecule has 0 aromatic carbocycles. The van der Waals surface area contributed by atoms with E-state index in [9.17, 15) is 0 Å². The van der Waals surface area contributed by atoms with Crippen LogP contribution in [0.3, 0.4) is 0 Å². The Balaban J connectivity index is 2.25. The van der Waals surface area contributed by atoms with Gasteiger partial charge in [-0.1, -0.05) is 0 Å². The van der Waals surface area contributed by atoms with E-state index in [1.807, 2.05) is 0 Å². The predicted octanol–water partition coefficient (Wildman–Crippen LogP) is 2.11. The molecule has 1 atom stereocenters. The Morgan fingerprint density at radius 2 is 2.23 bits per heavy atom. The molecule has 0 aliphatic heterocycles. The van der Waals surface area contributed by atoms with Gasteiger partial charge in [0.2, 0.25) is 0 Å². The van der Waals surface area contributed by atoms with Crippen LogP contribution in [-0.2, 0) is 4.74 Å². The lowest BCUT2D eigenvalue weighted by Gasteiger charge is -2.28. The second kappa shape index (κ2) is 5.84. The lowest BCUT2D eigenvalue weighted by Crippen LogP contribution is -2.37. The van der Waals surface area contributed by atoms with Gasteiger partial charge < -0.3 is 4.74 Å². The molecule has 0 spiro atoms. The van der Waals surface area contributed by atoms with Gasteiger partial charge >= 0.3 is 0 Å². The van der Waals surface area contributed by atoms with Crippen LogP contribution in [0, 0.1) is 0 Å². The molecule has 0 radical (unpaired) electrons. The summed E-state index contributed by atoms with van der Waals surface area (Å²) in [7, 11) is 1.76. The van der Waals surface area contributed by atoms with E-state index < -0.39 is 0 Å². The Labute approximate surface area is 86.2 Å². The SMILES string of the molecule is COCCC(C)N(CCCl)C1CC1. The van der Waals surface area contributed by atoms with Crippen molar-refractivity contribution in [2.24, 2.45) is 0 Å². The third-order valence-electron chi connectivity index (χ3n) is 2.66. The second-order valence-corrected chi connectivity index (χ2v) is 4.17. The normalized spacial score (nSPS) is 19.4. The van der Waals surface area contributed by atoms with Crippen molar-refractivity contribution in [1.29, 1.82) is 0 Å². The lowest BCUT2D eigenvalue weighted by molar-refractivity contribution is 0.137. The largest absolute Gasteiger partial charge is 0.385 e. The number of nitrogens with zero attached hydrogens (tertiary/aromatic N) is 1. The lowest BCUT2D eigenvalue weighted by atomic mass is 10.2. The summed E-state index contributed by atoms with van der Waals surface area (Å²) in [6.07, 6.45) is 3.83. The van der Waals surface area contributed by atoms with Crippen LogP contribution in [0.25, 0.3) is 0 Å². The minimum Gasteiger partial charge on any atom is -0.385 e. The third-order valence-corrected chi connectivity index (χ3v) is 2.83. The van der Waals surface area contributed by atoms with E-state index in [1.165, 1.54) is 12.8 Å². The number of methoxy groups -OCH3 is 1. The van der Waals surface area contributed by atoms with Crippen molar-refractivity contribution < 1.29 is 4.74 Å². The first-order chi connectivity index (χ1) is 6.29. The first-order valence-corrected chi connectivity index (χ1v) is 5.63. The van der Waals surface area contributed by atoms with Crippen LogP contribution < -0.4 is 0 Å². The standard InChI is InChI=1S/C10H20ClNO/c1-9(5-8-13-2)12(7-6-11)10-3-4-10/h9-10H,3-8H2,1-2H3. The summed E-state index contributed by atoms with van der Waals surface area (Å²) < 4.78 is 5.08. The fraction of sp³-hybridized carbons (Fsp3) is 1.00. The van der Waals surface area contributed by atoms with Gasteiger partial charge in [-0.2, -0.15) is 0 Å². The van der Waals surface area contributed by atoms with Gasteiger partial charge in [0.05, 0.1) is 0 Å². The van der Waals surface area contributed by atoms with Crippen LogP contribution in [0.1, 0.15) is 26.2 Å². The van der Waals surface area contributed by atoms with E-state index in [0.29, 0.717) is 6.04 Å². The number of rotatable bonds is 7. The van der Waals surface area contributed by atoms with Crippen molar-refractivity contribution in [2.45, 2.75) is 38.3 Å². The van der Waals surface area contributed by atoms with E-state index >= 15 is 0 Å². The summed E-state index contributed by atoms with van der Waals surface area (Å²) in [6.45, 7) is 4.15. The molecule has 13 heavy (non-hydrogen) atoms. The van der Waals surface area contributed by atoms with Crippen LogP contribution in [-0.4, -0.2) is 43.1 Å². The van der Waals surface area contributed by atoms with E-state index in [-0.39, 0.29) is 0 Å². The minimum atomic E-state index is 0.617. The maximum absolute atomic E-state index is 5.77. The van der Waals surface area contributed by atoms with Gasteiger partial charge in [0, 0.05) is 38.2 Å². The first-order valence-electron chi connectivity index (χ1n) is 5.10. The summed E-state index contributed by atoms with van der Waals surface area (Å²) in [6, 6.07) is 1.43. The highest BCUT2D eigenvalue weighted by Gasteiger charge is 2.31. The van der Waals surface area contributed by atoms with Gasteiger partial charge in [-0.05, 0) is 26.2 Å². The van der Waals surface area contributed by atoms with Gasteiger partial charge in [0.15, 0.2) is 0 Å². The topological polar surface area (TPSA) is 12.5 Å². The van der Waals surface area contributed by atoms with Crippen LogP contribution >= 0.6 is 11.6 Å². The molecule has 0 aromatic rings. The third kappa shape index (κ3) is 3.84. The molecule has 1 aliphatic rings. The van der Waals surface area contributed by atoms with Crippen molar-refractivity contribution in [3.63, 3.8) is 0 Å². The maximum atomic E-state index is 5.77. The van der Waals surface area contributed by atoms with E-state index in [1.54, 1.807) is 7.11 Å². The van der Waals surface area contributed by atoms with E-state index in [0.717, 1.165) is 31.5 Å². The first kappa shape index (κ1) is 11.3. The number of halogens is 1. The van der Waals surface area contributed by atoms with Gasteiger partial charge in [0.1, 0.15) is 0 Å². The second-order valence-electron chi connectivity index (χ2n) is 3.79. The smallest absolute Gasteiger partial charge is 0.0477 e. The molecule has 0 aromatic heterocycles. The highest BCUT2D eigenvalue weighted by molar-refractivity contribution is 6.18. The molecule has 1 saturated carbocycles. The summed E-state index contributed by atoms with van der Waals surface area (Å²) in [5.74, 6) is 0.744. The number of ether oxygens (including phenoxy) is 1. The zero-order chi connectivity index (χ0) is 9.68. The molecule has 0 bridgehead atoms.